The summed E-state index contributed by atoms with van der Waals surface area (Å²) in [6.45, 7) is 4.35. The van der Waals surface area contributed by atoms with Crippen molar-refractivity contribution < 1.29 is 4.42 Å². The van der Waals surface area contributed by atoms with E-state index in [2.05, 4.69) is 189 Å². The second kappa shape index (κ2) is 13.7. The van der Waals surface area contributed by atoms with Gasteiger partial charge in [0.1, 0.15) is 5.52 Å². The van der Waals surface area contributed by atoms with Crippen LogP contribution < -0.4 is 4.90 Å². The minimum absolute atomic E-state index is 0.662. The highest BCUT2D eigenvalue weighted by Gasteiger charge is 2.16. The Bertz CT molecular complexity index is 2340. The van der Waals surface area contributed by atoms with E-state index in [4.69, 9.17) is 9.40 Å². The molecule has 0 aliphatic carbocycles. The van der Waals surface area contributed by atoms with E-state index in [1.54, 1.807) is 0 Å². The summed E-state index contributed by atoms with van der Waals surface area (Å²) in [5.41, 5.74) is 15.7. The number of oxazole rings is 1. The van der Waals surface area contributed by atoms with Crippen molar-refractivity contribution in [1.82, 2.24) is 4.98 Å². The molecule has 0 amide bonds. The Balaban J connectivity index is 1.13. The smallest absolute Gasteiger partial charge is 0.227 e. The van der Waals surface area contributed by atoms with Gasteiger partial charge in [0.15, 0.2) is 5.58 Å². The van der Waals surface area contributed by atoms with Gasteiger partial charge in [0.05, 0.1) is 0 Å². The van der Waals surface area contributed by atoms with Gasteiger partial charge >= 0.3 is 0 Å². The number of hydrogen-bond donors (Lipinski definition) is 0. The first-order valence-corrected chi connectivity index (χ1v) is 17.4. The number of benzene rings is 7. The van der Waals surface area contributed by atoms with E-state index in [1.807, 2.05) is 0 Å². The van der Waals surface area contributed by atoms with E-state index in [0.29, 0.717) is 5.89 Å². The van der Waals surface area contributed by atoms with Crippen LogP contribution in [-0.2, 0) is 12.8 Å². The topological polar surface area (TPSA) is 29.3 Å². The zero-order valence-electron chi connectivity index (χ0n) is 28.4. The van der Waals surface area contributed by atoms with Crippen LogP contribution in [0.5, 0.6) is 0 Å². The number of fused-ring (bicyclic) bond motifs is 1. The van der Waals surface area contributed by atoms with E-state index in [1.165, 1.54) is 38.9 Å². The number of aromatic nitrogens is 1. The van der Waals surface area contributed by atoms with Crippen LogP contribution in [0.3, 0.4) is 0 Å². The minimum Gasteiger partial charge on any atom is -0.436 e. The Kier molecular flexibility index (Phi) is 8.54. The third-order valence-electron chi connectivity index (χ3n) is 9.47. The molecule has 7 aromatic carbocycles. The van der Waals surface area contributed by atoms with Crippen molar-refractivity contribution in [3.63, 3.8) is 0 Å². The number of rotatable bonds is 9. The van der Waals surface area contributed by atoms with Gasteiger partial charge in [0.25, 0.3) is 0 Å². The quantitative estimate of drug-likeness (QED) is 0.156. The lowest BCUT2D eigenvalue weighted by Crippen LogP contribution is -2.09. The van der Waals surface area contributed by atoms with Crippen LogP contribution in [0, 0.1) is 0 Å². The lowest BCUT2D eigenvalue weighted by molar-refractivity contribution is 0.615. The summed E-state index contributed by atoms with van der Waals surface area (Å²) in [5, 5.41) is 0. The van der Waals surface area contributed by atoms with Crippen molar-refractivity contribution in [2.24, 2.45) is 0 Å². The van der Waals surface area contributed by atoms with Crippen LogP contribution in [0.25, 0.3) is 55.9 Å². The highest BCUT2D eigenvalue weighted by atomic mass is 16.3. The van der Waals surface area contributed by atoms with Crippen molar-refractivity contribution in [1.29, 1.82) is 0 Å². The standard InChI is InChI=1S/C47H38N2O/c1-3-33-31-34(4-2)46-45(32-33)48-47(50-46)37-25-23-35(24-26-37)41-19-11-13-21-43(41)44-22-14-12-20-42(44)36-27-29-40(30-28-36)49(38-15-7-5-8-16-38)39-17-9-6-10-18-39/h5-32H,3-4H2,1-2H3. The lowest BCUT2D eigenvalue weighted by Gasteiger charge is -2.25. The summed E-state index contributed by atoms with van der Waals surface area (Å²) >= 11 is 0. The maximum absolute atomic E-state index is 6.34. The van der Waals surface area contributed by atoms with Crippen molar-refractivity contribution in [2.75, 3.05) is 4.90 Å². The molecule has 8 aromatic rings. The first-order valence-electron chi connectivity index (χ1n) is 17.4. The zero-order valence-corrected chi connectivity index (χ0v) is 28.4. The Morgan fingerprint density at radius 3 is 1.44 bits per heavy atom. The predicted molar refractivity (Wildman–Crippen MR) is 209 cm³/mol. The van der Waals surface area contributed by atoms with E-state index in [-0.39, 0.29) is 0 Å². The summed E-state index contributed by atoms with van der Waals surface area (Å²) < 4.78 is 6.34. The molecule has 50 heavy (non-hydrogen) atoms. The van der Waals surface area contributed by atoms with Crippen LogP contribution >= 0.6 is 0 Å². The van der Waals surface area contributed by atoms with Crippen LogP contribution in [0.1, 0.15) is 25.0 Å². The van der Waals surface area contributed by atoms with Crippen LogP contribution in [0.15, 0.2) is 174 Å². The summed E-state index contributed by atoms with van der Waals surface area (Å²) in [5.74, 6) is 0.662. The SMILES string of the molecule is CCc1cc(CC)c2oc(-c3ccc(-c4ccccc4-c4ccccc4-c4ccc(N(c5ccccc5)c5ccccc5)cc4)cc3)nc2c1. The van der Waals surface area contributed by atoms with Gasteiger partial charge in [0.2, 0.25) is 5.89 Å². The number of nitrogens with zero attached hydrogens (tertiary/aromatic N) is 2. The number of anilines is 3. The van der Waals surface area contributed by atoms with Gasteiger partial charge < -0.3 is 9.32 Å². The third kappa shape index (κ3) is 5.99. The van der Waals surface area contributed by atoms with E-state index in [9.17, 15) is 0 Å². The zero-order chi connectivity index (χ0) is 33.9. The first kappa shape index (κ1) is 31.1. The molecule has 0 fully saturated rings. The van der Waals surface area contributed by atoms with Crippen LogP contribution in [-0.4, -0.2) is 4.98 Å². The molecule has 0 unspecified atom stereocenters. The Morgan fingerprint density at radius 1 is 0.460 bits per heavy atom. The number of para-hydroxylation sites is 2. The molecule has 8 rings (SSSR count). The highest BCUT2D eigenvalue weighted by molar-refractivity contribution is 5.92. The summed E-state index contributed by atoms with van der Waals surface area (Å²) in [7, 11) is 0. The fraction of sp³-hybridized carbons (Fsp3) is 0.0851. The van der Waals surface area contributed by atoms with E-state index in [0.717, 1.165) is 52.1 Å². The van der Waals surface area contributed by atoms with Crippen molar-refractivity contribution >= 4 is 28.2 Å². The second-order valence-electron chi connectivity index (χ2n) is 12.6. The molecule has 0 aliphatic rings. The molecular weight excluding hydrogens is 609 g/mol. The first-order chi connectivity index (χ1) is 24.7. The average molecular weight is 647 g/mol. The number of hydrogen-bond acceptors (Lipinski definition) is 3. The lowest BCUT2D eigenvalue weighted by atomic mass is 9.89. The molecule has 3 heteroatoms. The summed E-state index contributed by atoms with van der Waals surface area (Å²) in [6.07, 6.45) is 1.90. The molecule has 0 spiro atoms. The Hall–Kier alpha value is -6.19. The molecule has 1 heterocycles. The molecule has 1 aromatic heterocycles. The fourth-order valence-electron chi connectivity index (χ4n) is 6.88. The fourth-order valence-corrected chi connectivity index (χ4v) is 6.88. The predicted octanol–water partition coefficient (Wildman–Crippen LogP) is 13.1. The van der Waals surface area contributed by atoms with Gasteiger partial charge in [-0.3, -0.25) is 0 Å². The van der Waals surface area contributed by atoms with Gasteiger partial charge in [0, 0.05) is 22.6 Å². The van der Waals surface area contributed by atoms with Crippen molar-refractivity contribution in [3.8, 4) is 44.8 Å². The second-order valence-corrected chi connectivity index (χ2v) is 12.6. The Morgan fingerprint density at radius 2 is 0.920 bits per heavy atom. The third-order valence-corrected chi connectivity index (χ3v) is 9.47. The molecule has 0 atom stereocenters. The molecule has 0 bridgehead atoms. The molecule has 242 valence electrons. The molecule has 0 N–H and O–H groups in total. The van der Waals surface area contributed by atoms with Gasteiger partial charge in [-0.1, -0.05) is 129 Å². The van der Waals surface area contributed by atoms with Crippen molar-refractivity contribution in [2.45, 2.75) is 26.7 Å². The molecule has 0 saturated carbocycles. The average Bonchev–Trinajstić information content (AvgIpc) is 3.63. The number of aryl methyl sites for hydroxylation is 2. The monoisotopic (exact) mass is 646 g/mol. The van der Waals surface area contributed by atoms with Gasteiger partial charge in [-0.15, -0.1) is 0 Å². The van der Waals surface area contributed by atoms with E-state index >= 15 is 0 Å². The minimum atomic E-state index is 0.662. The summed E-state index contributed by atoms with van der Waals surface area (Å²) in [4.78, 5) is 7.19. The molecule has 3 nitrogen and oxygen atoms in total. The normalized spacial score (nSPS) is 11.2. The van der Waals surface area contributed by atoms with Gasteiger partial charge in [-0.2, -0.15) is 0 Å². The highest BCUT2D eigenvalue weighted by Crippen LogP contribution is 2.40. The molecule has 0 aliphatic heterocycles. The van der Waals surface area contributed by atoms with E-state index < -0.39 is 0 Å². The van der Waals surface area contributed by atoms with Gasteiger partial charge in [-0.25, -0.2) is 4.98 Å². The maximum atomic E-state index is 6.34. The largest absolute Gasteiger partial charge is 0.436 e. The van der Waals surface area contributed by atoms with Crippen molar-refractivity contribution in [3.05, 3.63) is 181 Å². The van der Waals surface area contributed by atoms with Crippen LogP contribution in [0.2, 0.25) is 0 Å². The molecular formula is C47H38N2O. The Labute approximate surface area is 294 Å². The summed E-state index contributed by atoms with van der Waals surface area (Å²) in [6, 6.07) is 60.3. The van der Waals surface area contributed by atoms with Gasteiger partial charge in [-0.05, 0) is 112 Å². The molecule has 0 saturated heterocycles. The maximum Gasteiger partial charge on any atom is 0.227 e. The van der Waals surface area contributed by atoms with Crippen LogP contribution in [0.4, 0.5) is 17.1 Å². The molecule has 0 radical (unpaired) electrons.